The largest absolute Gasteiger partial charge is 0.464 e. The summed E-state index contributed by atoms with van der Waals surface area (Å²) in [5.41, 5.74) is -1.19. The van der Waals surface area contributed by atoms with E-state index in [2.05, 4.69) is 6.92 Å². The fourth-order valence-electron chi connectivity index (χ4n) is 1.71. The summed E-state index contributed by atoms with van der Waals surface area (Å²) >= 11 is 0. The Labute approximate surface area is 79.1 Å². The lowest BCUT2D eigenvalue weighted by atomic mass is 9.80. The van der Waals surface area contributed by atoms with Crippen molar-refractivity contribution in [2.24, 2.45) is 5.92 Å². The average Bonchev–Trinajstić information content (AvgIpc) is 2.11. The SMILES string of the molecule is CCOC(=O)C1(O)CCC(C)CC1. The topological polar surface area (TPSA) is 46.5 Å². The Morgan fingerprint density at radius 1 is 1.54 bits per heavy atom. The van der Waals surface area contributed by atoms with E-state index >= 15 is 0 Å². The van der Waals surface area contributed by atoms with Gasteiger partial charge in [0, 0.05) is 0 Å². The highest BCUT2D eigenvalue weighted by atomic mass is 16.5. The number of hydrogen-bond acceptors (Lipinski definition) is 3. The van der Waals surface area contributed by atoms with Crippen LogP contribution < -0.4 is 0 Å². The van der Waals surface area contributed by atoms with Crippen LogP contribution in [0.1, 0.15) is 39.5 Å². The zero-order valence-corrected chi connectivity index (χ0v) is 8.38. The van der Waals surface area contributed by atoms with E-state index in [1.54, 1.807) is 6.92 Å². The molecule has 76 valence electrons. The van der Waals surface area contributed by atoms with Gasteiger partial charge in [-0.15, -0.1) is 0 Å². The molecule has 0 saturated heterocycles. The second-order valence-electron chi connectivity index (χ2n) is 3.93. The molecule has 0 unspecified atom stereocenters. The van der Waals surface area contributed by atoms with Crippen LogP contribution in [0.2, 0.25) is 0 Å². The monoisotopic (exact) mass is 186 g/mol. The van der Waals surface area contributed by atoms with Crippen molar-refractivity contribution >= 4 is 5.97 Å². The molecule has 0 aromatic rings. The maximum Gasteiger partial charge on any atom is 0.338 e. The zero-order chi connectivity index (χ0) is 9.90. The standard InChI is InChI=1S/C10H18O3/c1-3-13-9(11)10(12)6-4-8(2)5-7-10/h8,12H,3-7H2,1-2H3. The minimum atomic E-state index is -1.19. The van der Waals surface area contributed by atoms with Crippen LogP contribution in [-0.4, -0.2) is 23.3 Å². The molecule has 3 heteroatoms. The predicted molar refractivity (Wildman–Crippen MR) is 49.2 cm³/mol. The summed E-state index contributed by atoms with van der Waals surface area (Å²) in [6.07, 6.45) is 2.92. The highest BCUT2D eigenvalue weighted by molar-refractivity contribution is 5.79. The van der Waals surface area contributed by atoms with Crippen molar-refractivity contribution in [3.8, 4) is 0 Å². The molecule has 1 aliphatic carbocycles. The second-order valence-corrected chi connectivity index (χ2v) is 3.93. The lowest BCUT2D eigenvalue weighted by molar-refractivity contribution is -0.169. The molecule has 1 fully saturated rings. The van der Waals surface area contributed by atoms with Crippen LogP contribution in [-0.2, 0) is 9.53 Å². The Balaban J connectivity index is 2.51. The molecule has 0 radical (unpaired) electrons. The first kappa shape index (κ1) is 10.5. The highest BCUT2D eigenvalue weighted by Crippen LogP contribution is 2.32. The van der Waals surface area contributed by atoms with E-state index < -0.39 is 11.6 Å². The Bertz CT molecular complexity index is 181. The van der Waals surface area contributed by atoms with Crippen molar-refractivity contribution in [2.45, 2.75) is 45.1 Å². The van der Waals surface area contributed by atoms with Crippen LogP contribution in [0.15, 0.2) is 0 Å². The van der Waals surface area contributed by atoms with Crippen LogP contribution >= 0.6 is 0 Å². The number of hydrogen-bond donors (Lipinski definition) is 1. The molecule has 0 amide bonds. The van der Waals surface area contributed by atoms with E-state index in [1.807, 2.05) is 0 Å². The predicted octanol–water partition coefficient (Wildman–Crippen LogP) is 1.49. The number of carbonyl (C=O) groups is 1. The van der Waals surface area contributed by atoms with Crippen molar-refractivity contribution in [3.63, 3.8) is 0 Å². The molecular formula is C10H18O3. The van der Waals surface area contributed by atoms with Gasteiger partial charge in [0.25, 0.3) is 0 Å². The minimum Gasteiger partial charge on any atom is -0.464 e. The van der Waals surface area contributed by atoms with Gasteiger partial charge in [0.1, 0.15) is 0 Å². The fourth-order valence-corrected chi connectivity index (χ4v) is 1.71. The number of esters is 1. The van der Waals surface area contributed by atoms with Gasteiger partial charge in [0.05, 0.1) is 6.61 Å². The molecule has 0 bridgehead atoms. The lowest BCUT2D eigenvalue weighted by Gasteiger charge is -2.32. The van der Waals surface area contributed by atoms with Crippen molar-refractivity contribution in [1.82, 2.24) is 0 Å². The first-order valence-electron chi connectivity index (χ1n) is 4.98. The van der Waals surface area contributed by atoms with Crippen LogP contribution in [0.25, 0.3) is 0 Å². The minimum absolute atomic E-state index is 0.344. The van der Waals surface area contributed by atoms with Gasteiger partial charge in [-0.1, -0.05) is 6.92 Å². The summed E-state index contributed by atoms with van der Waals surface area (Å²) in [4.78, 5) is 11.4. The lowest BCUT2D eigenvalue weighted by Crippen LogP contribution is -2.43. The molecule has 0 aromatic heterocycles. The summed E-state index contributed by atoms with van der Waals surface area (Å²) < 4.78 is 4.83. The molecule has 13 heavy (non-hydrogen) atoms. The third-order valence-corrected chi connectivity index (χ3v) is 2.76. The van der Waals surface area contributed by atoms with E-state index in [0.717, 1.165) is 12.8 Å². The van der Waals surface area contributed by atoms with Gasteiger partial charge in [0.2, 0.25) is 0 Å². The molecule has 1 rings (SSSR count). The van der Waals surface area contributed by atoms with Gasteiger partial charge < -0.3 is 9.84 Å². The quantitative estimate of drug-likeness (QED) is 0.665. The normalized spacial score (nSPS) is 34.2. The third-order valence-electron chi connectivity index (χ3n) is 2.76. The van der Waals surface area contributed by atoms with Gasteiger partial charge in [-0.2, -0.15) is 0 Å². The summed E-state index contributed by atoms with van der Waals surface area (Å²) in [5.74, 6) is 0.177. The first-order valence-corrected chi connectivity index (χ1v) is 4.98. The van der Waals surface area contributed by atoms with Crippen molar-refractivity contribution in [3.05, 3.63) is 0 Å². The Morgan fingerprint density at radius 3 is 2.54 bits per heavy atom. The Morgan fingerprint density at radius 2 is 2.08 bits per heavy atom. The number of aliphatic hydroxyl groups is 1. The van der Waals surface area contributed by atoms with Crippen LogP contribution in [0.4, 0.5) is 0 Å². The van der Waals surface area contributed by atoms with E-state index in [9.17, 15) is 9.90 Å². The number of carbonyl (C=O) groups excluding carboxylic acids is 1. The van der Waals surface area contributed by atoms with Crippen LogP contribution in [0.5, 0.6) is 0 Å². The van der Waals surface area contributed by atoms with Gasteiger partial charge in [-0.05, 0) is 38.5 Å². The molecule has 0 aliphatic heterocycles. The maximum atomic E-state index is 11.4. The van der Waals surface area contributed by atoms with Gasteiger partial charge in [0.15, 0.2) is 5.60 Å². The van der Waals surface area contributed by atoms with Crippen molar-refractivity contribution in [2.75, 3.05) is 6.61 Å². The van der Waals surface area contributed by atoms with Gasteiger partial charge >= 0.3 is 5.97 Å². The molecule has 1 N–H and O–H groups in total. The summed E-state index contributed by atoms with van der Waals surface area (Å²) in [5, 5.41) is 9.91. The summed E-state index contributed by atoms with van der Waals surface area (Å²) in [7, 11) is 0. The van der Waals surface area contributed by atoms with Crippen molar-refractivity contribution < 1.29 is 14.6 Å². The van der Waals surface area contributed by atoms with E-state index in [4.69, 9.17) is 4.74 Å². The smallest absolute Gasteiger partial charge is 0.338 e. The Kier molecular flexibility index (Phi) is 3.31. The molecule has 0 atom stereocenters. The summed E-state index contributed by atoms with van der Waals surface area (Å²) in [6.45, 7) is 4.24. The maximum absolute atomic E-state index is 11.4. The first-order chi connectivity index (χ1) is 6.08. The van der Waals surface area contributed by atoms with Gasteiger partial charge in [-0.25, -0.2) is 4.79 Å². The molecule has 3 nitrogen and oxygen atoms in total. The second kappa shape index (κ2) is 4.09. The van der Waals surface area contributed by atoms with E-state index in [1.165, 1.54) is 0 Å². The fraction of sp³-hybridized carbons (Fsp3) is 0.900. The third kappa shape index (κ3) is 2.44. The number of rotatable bonds is 2. The Hall–Kier alpha value is -0.570. The van der Waals surface area contributed by atoms with Crippen LogP contribution in [0, 0.1) is 5.92 Å². The molecule has 0 aromatic carbocycles. The zero-order valence-electron chi connectivity index (χ0n) is 8.38. The van der Waals surface area contributed by atoms with Crippen molar-refractivity contribution in [1.29, 1.82) is 0 Å². The molecule has 1 saturated carbocycles. The molecule has 0 heterocycles. The molecular weight excluding hydrogens is 168 g/mol. The molecule has 0 spiro atoms. The van der Waals surface area contributed by atoms with Gasteiger partial charge in [-0.3, -0.25) is 0 Å². The molecule has 1 aliphatic rings. The van der Waals surface area contributed by atoms with E-state index in [0.29, 0.717) is 25.4 Å². The van der Waals surface area contributed by atoms with E-state index in [-0.39, 0.29) is 0 Å². The van der Waals surface area contributed by atoms with Crippen LogP contribution in [0.3, 0.4) is 0 Å². The number of ether oxygens (including phenoxy) is 1. The average molecular weight is 186 g/mol. The highest BCUT2D eigenvalue weighted by Gasteiger charge is 2.40. The summed E-state index contributed by atoms with van der Waals surface area (Å²) in [6, 6.07) is 0.